The number of hydrogen-bond donors (Lipinski definition) is 1. The maximum absolute atomic E-state index is 13.1. The molecule has 2 fully saturated rings. The molecule has 0 bridgehead atoms. The van der Waals surface area contributed by atoms with Crippen molar-refractivity contribution < 1.29 is 13.9 Å². The van der Waals surface area contributed by atoms with Crippen molar-refractivity contribution in [2.45, 2.75) is 19.1 Å². The fraction of sp³-hybridized carbons (Fsp3) is 0.409. The highest BCUT2D eigenvalue weighted by Gasteiger charge is 2.32. The van der Waals surface area contributed by atoms with Gasteiger partial charge in [-0.05, 0) is 36.2 Å². The van der Waals surface area contributed by atoms with Crippen LogP contribution < -0.4 is 10.1 Å². The zero-order chi connectivity index (χ0) is 19.3. The van der Waals surface area contributed by atoms with Crippen LogP contribution in [0.25, 0.3) is 0 Å². The van der Waals surface area contributed by atoms with Crippen LogP contribution in [0.2, 0.25) is 0 Å². The summed E-state index contributed by atoms with van der Waals surface area (Å²) in [5, 5.41) is 3.38. The van der Waals surface area contributed by atoms with E-state index in [0.29, 0.717) is 24.0 Å². The minimum Gasteiger partial charge on any atom is -0.488 e. The van der Waals surface area contributed by atoms with Gasteiger partial charge >= 0.3 is 0 Å². The van der Waals surface area contributed by atoms with Crippen LogP contribution in [0.5, 0.6) is 5.75 Å². The largest absolute Gasteiger partial charge is 0.488 e. The lowest BCUT2D eigenvalue weighted by molar-refractivity contribution is 0.0768. The van der Waals surface area contributed by atoms with Gasteiger partial charge in [0.25, 0.3) is 5.91 Å². The molecule has 1 N–H and O–H groups in total. The van der Waals surface area contributed by atoms with Crippen molar-refractivity contribution in [3.63, 3.8) is 0 Å². The van der Waals surface area contributed by atoms with Gasteiger partial charge < -0.3 is 15.0 Å². The van der Waals surface area contributed by atoms with Crippen LogP contribution in [-0.4, -0.2) is 61.0 Å². The quantitative estimate of drug-likeness (QED) is 0.809. The Hall–Kier alpha value is -2.15. The third-order valence-electron chi connectivity index (χ3n) is 5.54. The minimum absolute atomic E-state index is 0. The number of para-hydroxylation sites is 1. The first kappa shape index (κ1) is 21.6. The Bertz CT molecular complexity index is 812. The van der Waals surface area contributed by atoms with E-state index < -0.39 is 0 Å². The molecule has 156 valence electrons. The Kier molecular flexibility index (Phi) is 7.47. The van der Waals surface area contributed by atoms with Gasteiger partial charge in [-0.1, -0.05) is 24.3 Å². The van der Waals surface area contributed by atoms with Crippen molar-refractivity contribution >= 4 is 18.3 Å². The Morgan fingerprint density at radius 3 is 2.55 bits per heavy atom. The number of likely N-dealkylation sites (tertiary alicyclic amines) is 1. The molecule has 7 heteroatoms. The van der Waals surface area contributed by atoms with E-state index in [9.17, 15) is 9.18 Å². The van der Waals surface area contributed by atoms with Crippen LogP contribution in [0.3, 0.4) is 0 Å². The van der Waals surface area contributed by atoms with Crippen LogP contribution >= 0.6 is 12.4 Å². The van der Waals surface area contributed by atoms with Crippen LogP contribution in [0.4, 0.5) is 4.39 Å². The average molecular weight is 420 g/mol. The molecule has 0 aromatic heterocycles. The number of nitrogens with zero attached hydrogens (tertiary/aromatic N) is 2. The number of hydrogen-bond acceptors (Lipinski definition) is 4. The smallest absolute Gasteiger partial charge is 0.257 e. The summed E-state index contributed by atoms with van der Waals surface area (Å²) in [5.74, 6) is 0.321. The molecule has 2 aliphatic rings. The highest BCUT2D eigenvalue weighted by atomic mass is 35.5. The summed E-state index contributed by atoms with van der Waals surface area (Å²) in [6.07, 6.45) is 1.02. The number of ether oxygens (including phenoxy) is 1. The number of rotatable bonds is 5. The molecule has 2 aromatic carbocycles. The van der Waals surface area contributed by atoms with E-state index in [1.165, 1.54) is 12.1 Å². The zero-order valence-corrected chi connectivity index (χ0v) is 17.2. The lowest BCUT2D eigenvalue weighted by Crippen LogP contribution is -2.49. The number of halogens is 2. The van der Waals surface area contributed by atoms with Crippen molar-refractivity contribution in [1.29, 1.82) is 0 Å². The topological polar surface area (TPSA) is 44.8 Å². The van der Waals surface area contributed by atoms with Gasteiger partial charge in [0.05, 0.1) is 5.56 Å². The van der Waals surface area contributed by atoms with Crippen molar-refractivity contribution in [3.05, 3.63) is 65.5 Å². The molecule has 2 heterocycles. The van der Waals surface area contributed by atoms with Gasteiger partial charge in [0.15, 0.2) is 0 Å². The monoisotopic (exact) mass is 419 g/mol. The van der Waals surface area contributed by atoms with Gasteiger partial charge in [-0.25, -0.2) is 4.39 Å². The fourth-order valence-corrected chi connectivity index (χ4v) is 3.95. The highest BCUT2D eigenvalue weighted by molar-refractivity contribution is 5.97. The maximum atomic E-state index is 13.1. The van der Waals surface area contributed by atoms with Crippen LogP contribution in [0, 0.1) is 5.82 Å². The van der Waals surface area contributed by atoms with E-state index in [1.807, 2.05) is 29.2 Å². The molecule has 2 aromatic rings. The molecule has 1 atom stereocenters. The summed E-state index contributed by atoms with van der Waals surface area (Å²) in [4.78, 5) is 17.5. The van der Waals surface area contributed by atoms with E-state index in [0.717, 1.165) is 51.3 Å². The Balaban J connectivity index is 0.00000240. The number of carbonyl (C=O) groups is 1. The molecule has 0 radical (unpaired) electrons. The number of piperazine rings is 1. The van der Waals surface area contributed by atoms with E-state index >= 15 is 0 Å². The fourth-order valence-electron chi connectivity index (χ4n) is 3.95. The molecule has 0 spiro atoms. The summed E-state index contributed by atoms with van der Waals surface area (Å²) in [6.45, 7) is 5.97. The SMILES string of the molecule is Cl.O=C(c1ccccc1OCc1ccc(F)cc1)N1CCC(N2CCNCC2)C1. The first-order chi connectivity index (χ1) is 13.7. The normalized spacial score (nSPS) is 19.6. The van der Waals surface area contributed by atoms with Gasteiger partial charge in [0.2, 0.25) is 0 Å². The van der Waals surface area contributed by atoms with Gasteiger partial charge in [0, 0.05) is 45.3 Å². The van der Waals surface area contributed by atoms with Crippen molar-refractivity contribution in [1.82, 2.24) is 15.1 Å². The maximum Gasteiger partial charge on any atom is 0.257 e. The molecule has 5 nitrogen and oxygen atoms in total. The first-order valence-electron chi connectivity index (χ1n) is 9.91. The molecular weight excluding hydrogens is 393 g/mol. The molecule has 29 heavy (non-hydrogen) atoms. The number of amides is 1. The first-order valence-corrected chi connectivity index (χ1v) is 9.91. The third-order valence-corrected chi connectivity index (χ3v) is 5.54. The Morgan fingerprint density at radius 1 is 1.07 bits per heavy atom. The summed E-state index contributed by atoms with van der Waals surface area (Å²) >= 11 is 0. The number of carbonyl (C=O) groups excluding carboxylic acids is 1. The van der Waals surface area contributed by atoms with E-state index in [1.54, 1.807) is 12.1 Å². The summed E-state index contributed by atoms with van der Waals surface area (Å²) < 4.78 is 19.0. The predicted octanol–water partition coefficient (Wildman–Crippen LogP) is 2.95. The van der Waals surface area contributed by atoms with Crippen molar-refractivity contribution in [2.24, 2.45) is 0 Å². The molecule has 4 rings (SSSR count). The van der Waals surface area contributed by atoms with Gasteiger partial charge in [-0.15, -0.1) is 12.4 Å². The summed E-state index contributed by atoms with van der Waals surface area (Å²) in [6, 6.07) is 14.0. The van der Waals surface area contributed by atoms with Crippen LogP contribution in [-0.2, 0) is 6.61 Å². The lowest BCUT2D eigenvalue weighted by Gasteiger charge is -2.32. The molecule has 1 unspecified atom stereocenters. The second-order valence-electron chi connectivity index (χ2n) is 7.39. The number of nitrogens with one attached hydrogen (secondary N) is 1. The lowest BCUT2D eigenvalue weighted by atomic mass is 10.1. The van der Waals surface area contributed by atoms with Gasteiger partial charge in [-0.3, -0.25) is 9.69 Å². The molecule has 1 amide bonds. The Morgan fingerprint density at radius 2 is 1.79 bits per heavy atom. The minimum atomic E-state index is -0.271. The van der Waals surface area contributed by atoms with Crippen LogP contribution in [0.1, 0.15) is 22.3 Å². The van der Waals surface area contributed by atoms with Gasteiger partial charge in [0.1, 0.15) is 18.2 Å². The van der Waals surface area contributed by atoms with E-state index in [2.05, 4.69) is 10.2 Å². The number of benzene rings is 2. The highest BCUT2D eigenvalue weighted by Crippen LogP contribution is 2.24. The predicted molar refractivity (Wildman–Crippen MR) is 113 cm³/mol. The Labute approximate surface area is 177 Å². The average Bonchev–Trinajstić information content (AvgIpc) is 3.24. The standard InChI is InChI=1S/C22H26FN3O2.ClH/c23-18-7-5-17(6-8-18)16-28-21-4-2-1-3-20(21)22(27)26-12-9-19(15-26)25-13-10-24-11-14-25;/h1-8,19,24H,9-16H2;1H. The van der Waals surface area contributed by atoms with Crippen LogP contribution in [0.15, 0.2) is 48.5 Å². The second kappa shape index (κ2) is 10.1. The van der Waals surface area contributed by atoms with E-state index in [-0.39, 0.29) is 24.1 Å². The molecule has 0 aliphatic carbocycles. The molecule has 2 saturated heterocycles. The van der Waals surface area contributed by atoms with Gasteiger partial charge in [-0.2, -0.15) is 0 Å². The second-order valence-corrected chi connectivity index (χ2v) is 7.39. The summed E-state index contributed by atoms with van der Waals surface area (Å²) in [7, 11) is 0. The van der Waals surface area contributed by atoms with Crippen molar-refractivity contribution in [2.75, 3.05) is 39.3 Å². The molecular formula is C22H27ClFN3O2. The zero-order valence-electron chi connectivity index (χ0n) is 16.4. The van der Waals surface area contributed by atoms with Crippen molar-refractivity contribution in [3.8, 4) is 5.75 Å². The molecule has 2 aliphatic heterocycles. The van der Waals surface area contributed by atoms with E-state index in [4.69, 9.17) is 4.74 Å². The molecule has 0 saturated carbocycles. The summed E-state index contributed by atoms with van der Waals surface area (Å²) in [5.41, 5.74) is 1.45. The third kappa shape index (κ3) is 5.26.